The Morgan fingerprint density at radius 1 is 1.37 bits per heavy atom. The fourth-order valence-electron chi connectivity index (χ4n) is 3.19. The normalized spacial score (nSPS) is 18.7. The second kappa shape index (κ2) is 8.46. The number of sulfonamides is 1. The molecule has 1 fully saturated rings. The molecule has 1 aromatic rings. The quantitative estimate of drug-likeness (QED) is 0.756. The number of benzene rings is 1. The number of carbonyl (C=O) groups excluding carboxylic acids is 1. The zero-order valence-corrected chi connectivity index (χ0v) is 16.7. The molecule has 1 aromatic carbocycles. The van der Waals surface area contributed by atoms with Gasteiger partial charge < -0.3 is 10.1 Å². The number of hydrogen-bond acceptors (Lipinski definition) is 4. The van der Waals surface area contributed by atoms with Gasteiger partial charge in [0.2, 0.25) is 15.9 Å². The average Bonchev–Trinajstić information content (AvgIpc) is 2.64. The molecule has 8 heteroatoms. The summed E-state index contributed by atoms with van der Waals surface area (Å²) in [5.41, 5.74) is 1.79. The van der Waals surface area contributed by atoms with Gasteiger partial charge in [0.1, 0.15) is 12.4 Å². The Balaban J connectivity index is 1.47. The van der Waals surface area contributed by atoms with Gasteiger partial charge in [-0.2, -0.15) is 0 Å². The molecule has 6 nitrogen and oxygen atoms in total. The molecule has 0 spiro atoms. The van der Waals surface area contributed by atoms with Gasteiger partial charge in [0.25, 0.3) is 0 Å². The molecule has 0 aliphatic carbocycles. The topological polar surface area (TPSA) is 75.7 Å². The number of carbonyl (C=O) groups is 1. The first-order chi connectivity index (χ1) is 12.8. The molecule has 0 aromatic heterocycles. The molecule has 146 valence electrons. The highest BCUT2D eigenvalue weighted by atomic mass is 35.5. The zero-order chi connectivity index (χ0) is 19.4. The third kappa shape index (κ3) is 5.57. The molecule has 0 unspecified atom stereocenters. The van der Waals surface area contributed by atoms with Crippen molar-refractivity contribution in [3.8, 4) is 5.75 Å². The summed E-state index contributed by atoms with van der Waals surface area (Å²) in [4.78, 5) is 12.1. The first kappa shape index (κ1) is 19.9. The number of halogens is 1. The standard InChI is InChI=1S/C19H23ClN2O4S/c1-27(24,25)22-8-6-14(7-9-22)12-21-19(23)5-2-15-10-16-11-17(20)3-4-18(16)26-13-15/h2-5,10-11,14H,6-9,12-13H2,1H3,(H,21,23)/b5-2+. The van der Waals surface area contributed by atoms with E-state index in [4.69, 9.17) is 16.3 Å². The number of nitrogens with one attached hydrogen (secondary N) is 1. The molecule has 2 heterocycles. The molecule has 2 aliphatic rings. The number of hydrogen-bond donors (Lipinski definition) is 1. The van der Waals surface area contributed by atoms with Crippen molar-refractivity contribution < 1.29 is 17.9 Å². The van der Waals surface area contributed by atoms with E-state index in [0.717, 1.165) is 29.7 Å². The molecule has 0 bridgehead atoms. The van der Waals surface area contributed by atoms with Gasteiger partial charge in [-0.05, 0) is 48.6 Å². The Hall–Kier alpha value is -1.83. The molecule has 1 saturated heterocycles. The highest BCUT2D eigenvalue weighted by molar-refractivity contribution is 7.88. The van der Waals surface area contributed by atoms with E-state index in [0.29, 0.717) is 37.2 Å². The number of ether oxygens (including phenoxy) is 1. The van der Waals surface area contributed by atoms with E-state index in [9.17, 15) is 13.2 Å². The highest BCUT2D eigenvalue weighted by Gasteiger charge is 2.24. The van der Waals surface area contributed by atoms with Crippen molar-refractivity contribution in [3.05, 3.63) is 46.5 Å². The molecule has 0 radical (unpaired) electrons. The summed E-state index contributed by atoms with van der Waals surface area (Å²) in [7, 11) is -3.12. The predicted molar refractivity (Wildman–Crippen MR) is 106 cm³/mol. The van der Waals surface area contributed by atoms with Gasteiger partial charge in [0.15, 0.2) is 0 Å². The van der Waals surface area contributed by atoms with Gasteiger partial charge >= 0.3 is 0 Å². The van der Waals surface area contributed by atoms with Crippen LogP contribution in [0.2, 0.25) is 5.02 Å². The largest absolute Gasteiger partial charge is 0.488 e. The van der Waals surface area contributed by atoms with Crippen LogP contribution in [0.3, 0.4) is 0 Å². The van der Waals surface area contributed by atoms with Crippen molar-refractivity contribution in [1.29, 1.82) is 0 Å². The third-order valence-corrected chi connectivity index (χ3v) is 6.30. The Morgan fingerprint density at radius 3 is 2.81 bits per heavy atom. The second-order valence-electron chi connectivity index (χ2n) is 6.87. The maximum absolute atomic E-state index is 12.1. The minimum Gasteiger partial charge on any atom is -0.488 e. The summed E-state index contributed by atoms with van der Waals surface area (Å²) in [6, 6.07) is 5.44. The fraction of sp³-hybridized carbons (Fsp3) is 0.421. The van der Waals surface area contributed by atoms with Crippen molar-refractivity contribution >= 4 is 33.6 Å². The summed E-state index contributed by atoms with van der Waals surface area (Å²) in [6.07, 6.45) is 7.94. The molecule has 0 atom stereocenters. The van der Waals surface area contributed by atoms with Crippen molar-refractivity contribution in [2.45, 2.75) is 12.8 Å². The fourth-order valence-corrected chi connectivity index (χ4v) is 4.25. The minimum absolute atomic E-state index is 0.168. The van der Waals surface area contributed by atoms with E-state index in [1.54, 1.807) is 12.1 Å². The van der Waals surface area contributed by atoms with Crippen LogP contribution < -0.4 is 10.1 Å². The Kier molecular flexibility index (Phi) is 6.24. The van der Waals surface area contributed by atoms with Gasteiger partial charge in [0, 0.05) is 36.3 Å². The van der Waals surface area contributed by atoms with Crippen LogP contribution in [-0.2, 0) is 14.8 Å². The summed E-state index contributed by atoms with van der Waals surface area (Å²) in [5.74, 6) is 0.909. The van der Waals surface area contributed by atoms with E-state index in [1.807, 2.05) is 18.2 Å². The van der Waals surface area contributed by atoms with Crippen molar-refractivity contribution in [2.24, 2.45) is 5.92 Å². The van der Waals surface area contributed by atoms with Crippen LogP contribution in [0.15, 0.2) is 35.9 Å². The van der Waals surface area contributed by atoms with E-state index in [1.165, 1.54) is 16.6 Å². The maximum atomic E-state index is 12.1. The summed E-state index contributed by atoms with van der Waals surface area (Å²) >= 11 is 6.00. The van der Waals surface area contributed by atoms with Crippen molar-refractivity contribution in [2.75, 3.05) is 32.5 Å². The van der Waals surface area contributed by atoms with Crippen LogP contribution in [0.5, 0.6) is 5.75 Å². The van der Waals surface area contributed by atoms with Crippen molar-refractivity contribution in [3.63, 3.8) is 0 Å². The van der Waals surface area contributed by atoms with E-state index < -0.39 is 10.0 Å². The highest BCUT2D eigenvalue weighted by Crippen LogP contribution is 2.29. The molecule has 27 heavy (non-hydrogen) atoms. The third-order valence-electron chi connectivity index (χ3n) is 4.76. The smallest absolute Gasteiger partial charge is 0.243 e. The van der Waals surface area contributed by atoms with Gasteiger partial charge in [-0.25, -0.2) is 12.7 Å². The minimum atomic E-state index is -3.12. The maximum Gasteiger partial charge on any atom is 0.243 e. The van der Waals surface area contributed by atoms with Crippen LogP contribution >= 0.6 is 11.6 Å². The number of nitrogens with zero attached hydrogens (tertiary/aromatic N) is 1. The Bertz CT molecular complexity index is 872. The van der Waals surface area contributed by atoms with Crippen molar-refractivity contribution in [1.82, 2.24) is 9.62 Å². The molecule has 1 N–H and O–H groups in total. The lowest BCUT2D eigenvalue weighted by molar-refractivity contribution is -0.116. The Labute approximate surface area is 164 Å². The van der Waals surface area contributed by atoms with Crippen LogP contribution in [0, 0.1) is 5.92 Å². The van der Waals surface area contributed by atoms with Crippen LogP contribution in [-0.4, -0.2) is 51.1 Å². The molecular formula is C19H23ClN2O4S. The SMILES string of the molecule is CS(=O)(=O)N1CCC(CNC(=O)/C=C/C2=Cc3cc(Cl)ccc3OC2)CC1. The monoisotopic (exact) mass is 410 g/mol. The number of fused-ring (bicyclic) bond motifs is 1. The first-order valence-electron chi connectivity index (χ1n) is 8.85. The van der Waals surface area contributed by atoms with E-state index in [-0.39, 0.29) is 5.91 Å². The summed E-state index contributed by atoms with van der Waals surface area (Å²) in [5, 5.41) is 3.53. The number of piperidine rings is 1. The van der Waals surface area contributed by atoms with Crippen LogP contribution in [0.4, 0.5) is 0 Å². The van der Waals surface area contributed by atoms with Gasteiger partial charge in [-0.15, -0.1) is 0 Å². The number of amides is 1. The van der Waals surface area contributed by atoms with Gasteiger partial charge in [0.05, 0.1) is 6.26 Å². The lowest BCUT2D eigenvalue weighted by Crippen LogP contribution is -2.40. The van der Waals surface area contributed by atoms with Crippen LogP contribution in [0.1, 0.15) is 18.4 Å². The van der Waals surface area contributed by atoms with E-state index in [2.05, 4.69) is 5.32 Å². The zero-order valence-electron chi connectivity index (χ0n) is 15.2. The molecule has 3 rings (SSSR count). The second-order valence-corrected chi connectivity index (χ2v) is 9.29. The summed E-state index contributed by atoms with van der Waals surface area (Å²) in [6.45, 7) is 1.99. The molecule has 0 saturated carbocycles. The molecular weight excluding hydrogens is 388 g/mol. The van der Waals surface area contributed by atoms with Crippen LogP contribution in [0.25, 0.3) is 6.08 Å². The van der Waals surface area contributed by atoms with Gasteiger partial charge in [-0.1, -0.05) is 17.7 Å². The number of rotatable bonds is 5. The first-order valence-corrected chi connectivity index (χ1v) is 11.1. The summed E-state index contributed by atoms with van der Waals surface area (Å²) < 4.78 is 30.2. The lowest BCUT2D eigenvalue weighted by atomic mass is 9.98. The van der Waals surface area contributed by atoms with Gasteiger partial charge in [-0.3, -0.25) is 4.79 Å². The predicted octanol–water partition coefficient (Wildman–Crippen LogP) is 2.46. The lowest BCUT2D eigenvalue weighted by Gasteiger charge is -2.30. The van der Waals surface area contributed by atoms with E-state index >= 15 is 0 Å². The Morgan fingerprint density at radius 2 is 2.11 bits per heavy atom. The molecule has 1 amide bonds. The average molecular weight is 411 g/mol. The molecule has 2 aliphatic heterocycles.